The first kappa shape index (κ1) is 13.1. The predicted molar refractivity (Wildman–Crippen MR) is 74.0 cm³/mol. The number of thiazole rings is 1. The van der Waals surface area contributed by atoms with Crippen LogP contribution < -0.4 is 5.32 Å². The fourth-order valence-corrected chi connectivity index (χ4v) is 4.06. The van der Waals surface area contributed by atoms with Crippen LogP contribution in [0.25, 0.3) is 10.2 Å². The minimum Gasteiger partial charge on any atom is -0.358 e. The minimum absolute atomic E-state index is 0.382. The van der Waals surface area contributed by atoms with Crippen molar-refractivity contribution in [1.29, 1.82) is 0 Å². The molecule has 0 aliphatic carbocycles. The van der Waals surface area contributed by atoms with Crippen LogP contribution in [-0.2, 0) is 6.18 Å². The molecule has 0 saturated carbocycles. The van der Waals surface area contributed by atoms with Crippen molar-refractivity contribution in [1.82, 2.24) is 4.98 Å². The number of nitrogens with one attached hydrogen (secondary N) is 1. The Morgan fingerprint density at radius 3 is 2.84 bits per heavy atom. The molecule has 1 fully saturated rings. The van der Waals surface area contributed by atoms with Gasteiger partial charge in [0.2, 0.25) is 0 Å². The zero-order valence-corrected chi connectivity index (χ0v) is 11.5. The SMILES string of the molecule is FC(F)(F)c1ccc2sc(NC3CCSC3)nc2c1. The lowest BCUT2D eigenvalue weighted by molar-refractivity contribution is -0.137. The molecule has 1 aliphatic rings. The Morgan fingerprint density at radius 1 is 1.32 bits per heavy atom. The van der Waals surface area contributed by atoms with E-state index in [0.29, 0.717) is 16.7 Å². The molecule has 1 N–H and O–H groups in total. The molecule has 0 amide bonds. The van der Waals surface area contributed by atoms with Crippen molar-refractivity contribution in [2.75, 3.05) is 16.8 Å². The van der Waals surface area contributed by atoms with Gasteiger partial charge in [0.1, 0.15) is 0 Å². The number of hydrogen-bond acceptors (Lipinski definition) is 4. The van der Waals surface area contributed by atoms with Crippen LogP contribution in [0, 0.1) is 0 Å². The number of hydrogen-bond donors (Lipinski definition) is 1. The van der Waals surface area contributed by atoms with E-state index in [1.54, 1.807) is 0 Å². The lowest BCUT2D eigenvalue weighted by Gasteiger charge is -2.08. The van der Waals surface area contributed by atoms with E-state index in [-0.39, 0.29) is 0 Å². The molecule has 1 aromatic heterocycles. The van der Waals surface area contributed by atoms with Gasteiger partial charge in [-0.2, -0.15) is 24.9 Å². The van der Waals surface area contributed by atoms with E-state index < -0.39 is 11.7 Å². The van der Waals surface area contributed by atoms with E-state index in [1.165, 1.54) is 17.4 Å². The summed E-state index contributed by atoms with van der Waals surface area (Å²) in [6.07, 6.45) is -3.23. The second-order valence-corrected chi connectivity index (χ2v) is 6.58. The third kappa shape index (κ3) is 2.81. The zero-order chi connectivity index (χ0) is 13.5. The van der Waals surface area contributed by atoms with Gasteiger partial charge in [-0.25, -0.2) is 4.98 Å². The average molecular weight is 304 g/mol. The third-order valence-corrected chi connectivity index (χ3v) is 5.10. The molecule has 1 unspecified atom stereocenters. The van der Waals surface area contributed by atoms with Gasteiger partial charge in [-0.15, -0.1) is 0 Å². The number of benzene rings is 1. The summed E-state index contributed by atoms with van der Waals surface area (Å²) >= 11 is 3.28. The number of rotatable bonds is 2. The van der Waals surface area contributed by atoms with Crippen molar-refractivity contribution >= 4 is 38.4 Å². The van der Waals surface area contributed by atoms with Gasteiger partial charge in [-0.1, -0.05) is 11.3 Å². The first-order valence-electron chi connectivity index (χ1n) is 5.84. The Labute approximate surface area is 116 Å². The molecule has 0 bridgehead atoms. The molecule has 1 aromatic carbocycles. The minimum atomic E-state index is -4.31. The number of alkyl halides is 3. The molecule has 0 radical (unpaired) electrons. The van der Waals surface area contributed by atoms with Crippen LogP contribution in [0.2, 0.25) is 0 Å². The Kier molecular flexibility index (Phi) is 3.34. The molecule has 3 rings (SSSR count). The summed E-state index contributed by atoms with van der Waals surface area (Å²) in [7, 11) is 0. The smallest absolute Gasteiger partial charge is 0.358 e. The standard InChI is InChI=1S/C12H11F3N2S2/c13-12(14,15)7-1-2-10-9(5-7)17-11(19-10)16-8-3-4-18-6-8/h1-2,5,8H,3-4,6H2,(H,16,17). The average Bonchev–Trinajstić information content (AvgIpc) is 2.95. The molecular formula is C12H11F3N2S2. The molecule has 2 aromatic rings. The van der Waals surface area contributed by atoms with E-state index in [4.69, 9.17) is 0 Å². The van der Waals surface area contributed by atoms with E-state index in [0.717, 1.165) is 34.8 Å². The molecule has 7 heteroatoms. The number of fused-ring (bicyclic) bond motifs is 1. The summed E-state index contributed by atoms with van der Waals surface area (Å²) in [4.78, 5) is 4.25. The normalized spacial score (nSPS) is 20.1. The highest BCUT2D eigenvalue weighted by Crippen LogP contribution is 2.34. The van der Waals surface area contributed by atoms with Crippen molar-refractivity contribution in [2.45, 2.75) is 18.6 Å². The summed E-state index contributed by atoms with van der Waals surface area (Å²) in [6.45, 7) is 0. The number of aromatic nitrogens is 1. The van der Waals surface area contributed by atoms with Gasteiger partial charge in [0.05, 0.1) is 15.8 Å². The molecule has 102 valence electrons. The van der Waals surface area contributed by atoms with Crippen LogP contribution in [0.3, 0.4) is 0 Å². The predicted octanol–water partition coefficient (Wildman–Crippen LogP) is 4.23. The topological polar surface area (TPSA) is 24.9 Å². The van der Waals surface area contributed by atoms with Gasteiger partial charge in [0.25, 0.3) is 0 Å². The van der Waals surface area contributed by atoms with Crippen molar-refractivity contribution in [3.63, 3.8) is 0 Å². The van der Waals surface area contributed by atoms with Gasteiger partial charge in [-0.05, 0) is 30.4 Å². The van der Waals surface area contributed by atoms with Crippen molar-refractivity contribution in [3.8, 4) is 0 Å². The summed E-state index contributed by atoms with van der Waals surface area (Å²) in [6, 6.07) is 4.09. The number of halogens is 3. The number of thioether (sulfide) groups is 1. The number of nitrogens with zero attached hydrogens (tertiary/aromatic N) is 1. The maximum absolute atomic E-state index is 12.6. The fraction of sp³-hybridized carbons (Fsp3) is 0.417. The van der Waals surface area contributed by atoms with Gasteiger partial charge in [-0.3, -0.25) is 0 Å². The van der Waals surface area contributed by atoms with E-state index in [9.17, 15) is 13.2 Å². The number of anilines is 1. The molecule has 0 spiro atoms. The lowest BCUT2D eigenvalue weighted by atomic mass is 10.2. The maximum Gasteiger partial charge on any atom is 0.416 e. The van der Waals surface area contributed by atoms with Crippen LogP contribution in [0.5, 0.6) is 0 Å². The Balaban J connectivity index is 1.87. The summed E-state index contributed by atoms with van der Waals surface area (Å²) in [5.41, 5.74) is -0.235. The highest BCUT2D eigenvalue weighted by molar-refractivity contribution is 7.99. The molecule has 2 heterocycles. The van der Waals surface area contributed by atoms with E-state index in [1.807, 2.05) is 11.8 Å². The van der Waals surface area contributed by atoms with Gasteiger partial charge < -0.3 is 5.32 Å². The van der Waals surface area contributed by atoms with Crippen LogP contribution in [0.1, 0.15) is 12.0 Å². The third-order valence-electron chi connectivity index (χ3n) is 2.97. The molecule has 1 aliphatic heterocycles. The summed E-state index contributed by atoms with van der Waals surface area (Å²) in [5.74, 6) is 2.16. The molecule has 2 nitrogen and oxygen atoms in total. The van der Waals surface area contributed by atoms with Gasteiger partial charge in [0, 0.05) is 11.8 Å². The quantitative estimate of drug-likeness (QED) is 0.898. The lowest BCUT2D eigenvalue weighted by Crippen LogP contribution is -2.17. The van der Waals surface area contributed by atoms with Crippen molar-refractivity contribution in [3.05, 3.63) is 23.8 Å². The van der Waals surface area contributed by atoms with Crippen LogP contribution in [0.15, 0.2) is 18.2 Å². The largest absolute Gasteiger partial charge is 0.416 e. The highest BCUT2D eigenvalue weighted by atomic mass is 32.2. The molecule has 19 heavy (non-hydrogen) atoms. The van der Waals surface area contributed by atoms with Crippen LogP contribution >= 0.6 is 23.1 Å². The van der Waals surface area contributed by atoms with Crippen LogP contribution in [0.4, 0.5) is 18.3 Å². The maximum atomic E-state index is 12.6. The first-order chi connectivity index (χ1) is 9.02. The molecule has 1 atom stereocenters. The summed E-state index contributed by atoms with van der Waals surface area (Å²) in [5, 5.41) is 4.00. The zero-order valence-electron chi connectivity index (χ0n) is 9.83. The van der Waals surface area contributed by atoms with Gasteiger partial charge >= 0.3 is 6.18 Å². The molecular weight excluding hydrogens is 293 g/mol. The fourth-order valence-electron chi connectivity index (χ4n) is 1.99. The second kappa shape index (κ2) is 4.86. The van der Waals surface area contributed by atoms with E-state index in [2.05, 4.69) is 10.3 Å². The van der Waals surface area contributed by atoms with Gasteiger partial charge in [0.15, 0.2) is 5.13 Å². The van der Waals surface area contributed by atoms with Crippen molar-refractivity contribution < 1.29 is 13.2 Å². The summed E-state index contributed by atoms with van der Waals surface area (Å²) < 4.78 is 38.6. The first-order valence-corrected chi connectivity index (χ1v) is 7.81. The Bertz CT molecular complexity index is 588. The van der Waals surface area contributed by atoms with Crippen molar-refractivity contribution in [2.24, 2.45) is 0 Å². The highest BCUT2D eigenvalue weighted by Gasteiger charge is 2.30. The Morgan fingerprint density at radius 2 is 2.16 bits per heavy atom. The van der Waals surface area contributed by atoms with E-state index >= 15 is 0 Å². The second-order valence-electron chi connectivity index (χ2n) is 4.40. The monoisotopic (exact) mass is 304 g/mol. The Hall–Kier alpha value is -0.950. The molecule has 1 saturated heterocycles. The van der Waals surface area contributed by atoms with Crippen LogP contribution in [-0.4, -0.2) is 22.5 Å².